The first-order valence-electron chi connectivity index (χ1n) is 5.56. The molecule has 0 aliphatic heterocycles. The Morgan fingerprint density at radius 2 is 2.00 bits per heavy atom. The quantitative estimate of drug-likeness (QED) is 0.748. The Bertz CT molecular complexity index is 446. The van der Waals surface area contributed by atoms with E-state index in [4.69, 9.17) is 11.6 Å². The third-order valence-corrected chi connectivity index (χ3v) is 2.83. The van der Waals surface area contributed by atoms with Gasteiger partial charge in [-0.05, 0) is 18.1 Å². The van der Waals surface area contributed by atoms with Crippen LogP contribution in [0.2, 0.25) is 5.02 Å². The van der Waals surface area contributed by atoms with Gasteiger partial charge in [0.25, 0.3) is 0 Å². The van der Waals surface area contributed by atoms with Crippen LogP contribution < -0.4 is 0 Å². The molecule has 0 bridgehead atoms. The number of benzene rings is 1. The van der Waals surface area contributed by atoms with Crippen molar-refractivity contribution in [3.63, 3.8) is 0 Å². The second-order valence-electron chi connectivity index (χ2n) is 3.83. The smallest absolute Gasteiger partial charge is 0.305 e. The summed E-state index contributed by atoms with van der Waals surface area (Å²) in [5.74, 6) is -1.00. The van der Waals surface area contributed by atoms with Crippen LogP contribution in [-0.2, 0) is 20.7 Å². The van der Waals surface area contributed by atoms with Gasteiger partial charge in [-0.15, -0.1) is 0 Å². The van der Waals surface area contributed by atoms with E-state index in [0.717, 1.165) is 0 Å². The van der Waals surface area contributed by atoms with Crippen LogP contribution in [0.1, 0.15) is 24.8 Å². The first-order valence-corrected chi connectivity index (χ1v) is 5.93. The fourth-order valence-electron chi connectivity index (χ4n) is 1.48. The average Bonchev–Trinajstić information content (AvgIpc) is 2.37. The Morgan fingerprint density at radius 3 is 2.67 bits per heavy atom. The minimum atomic E-state index is -0.486. The summed E-state index contributed by atoms with van der Waals surface area (Å²) in [6, 6.07) is 4.69. The number of methoxy groups -OCH3 is 1. The summed E-state index contributed by atoms with van der Waals surface area (Å²) in [5.41, 5.74) is 0.411. The summed E-state index contributed by atoms with van der Waals surface area (Å²) in [6.45, 7) is 0. The number of hydrogen-bond donors (Lipinski definition) is 0. The first kappa shape index (κ1) is 14.6. The zero-order chi connectivity index (χ0) is 13.5. The Kier molecular flexibility index (Phi) is 5.78. The van der Waals surface area contributed by atoms with Crippen molar-refractivity contribution in [1.82, 2.24) is 0 Å². The molecule has 1 rings (SSSR count). The van der Waals surface area contributed by atoms with E-state index in [1.807, 2.05) is 0 Å². The SMILES string of the molecule is COC(=O)CCC(=O)CCc1cccc(Cl)c1F. The second kappa shape index (κ2) is 7.11. The van der Waals surface area contributed by atoms with Gasteiger partial charge in [-0.2, -0.15) is 0 Å². The molecule has 0 aromatic heterocycles. The van der Waals surface area contributed by atoms with Gasteiger partial charge in [-0.25, -0.2) is 4.39 Å². The van der Waals surface area contributed by atoms with E-state index in [2.05, 4.69) is 4.74 Å². The third kappa shape index (κ3) is 4.45. The predicted octanol–water partition coefficient (Wildman–Crippen LogP) is 2.93. The van der Waals surface area contributed by atoms with E-state index >= 15 is 0 Å². The molecule has 3 nitrogen and oxygen atoms in total. The van der Waals surface area contributed by atoms with Crippen molar-refractivity contribution in [3.8, 4) is 0 Å². The lowest BCUT2D eigenvalue weighted by Gasteiger charge is -2.04. The fourth-order valence-corrected chi connectivity index (χ4v) is 1.68. The summed E-state index contributed by atoms with van der Waals surface area (Å²) in [7, 11) is 1.27. The van der Waals surface area contributed by atoms with Crippen molar-refractivity contribution < 1.29 is 18.7 Å². The number of hydrogen-bond acceptors (Lipinski definition) is 3. The van der Waals surface area contributed by atoms with Crippen molar-refractivity contribution in [2.45, 2.75) is 25.7 Å². The Morgan fingerprint density at radius 1 is 1.28 bits per heavy atom. The summed E-state index contributed by atoms with van der Waals surface area (Å²) >= 11 is 5.63. The molecule has 1 aromatic rings. The summed E-state index contributed by atoms with van der Waals surface area (Å²) < 4.78 is 17.9. The first-order chi connectivity index (χ1) is 8.54. The molecular formula is C13H14ClFO3. The molecule has 0 amide bonds. The maximum Gasteiger partial charge on any atom is 0.305 e. The van der Waals surface area contributed by atoms with E-state index in [9.17, 15) is 14.0 Å². The van der Waals surface area contributed by atoms with E-state index in [-0.39, 0.29) is 36.5 Å². The molecule has 0 spiro atoms. The highest BCUT2D eigenvalue weighted by molar-refractivity contribution is 6.30. The number of rotatable bonds is 6. The monoisotopic (exact) mass is 272 g/mol. The Balaban J connectivity index is 2.43. The predicted molar refractivity (Wildman–Crippen MR) is 66.0 cm³/mol. The summed E-state index contributed by atoms with van der Waals surface area (Å²) in [4.78, 5) is 22.3. The van der Waals surface area contributed by atoms with Crippen molar-refractivity contribution in [2.24, 2.45) is 0 Å². The topological polar surface area (TPSA) is 43.4 Å². The van der Waals surface area contributed by atoms with Crippen LogP contribution in [0.5, 0.6) is 0 Å². The number of esters is 1. The summed E-state index contributed by atoms with van der Waals surface area (Å²) in [5, 5.41) is 0.0505. The summed E-state index contributed by atoms with van der Waals surface area (Å²) in [6.07, 6.45) is 0.656. The van der Waals surface area contributed by atoms with Crippen LogP contribution in [0.4, 0.5) is 4.39 Å². The molecular weight excluding hydrogens is 259 g/mol. The lowest BCUT2D eigenvalue weighted by molar-refractivity contribution is -0.141. The molecule has 0 aliphatic carbocycles. The molecule has 1 aromatic carbocycles. The van der Waals surface area contributed by atoms with Gasteiger partial charge in [0.2, 0.25) is 0 Å². The van der Waals surface area contributed by atoms with Gasteiger partial charge in [0.1, 0.15) is 11.6 Å². The minimum absolute atomic E-state index is 0.0505. The number of Topliss-reactive ketones (excluding diaryl/α,β-unsaturated/α-hetero) is 1. The van der Waals surface area contributed by atoms with E-state index in [1.165, 1.54) is 13.2 Å². The van der Waals surface area contributed by atoms with Gasteiger partial charge < -0.3 is 4.74 Å². The Labute approximate surface area is 110 Å². The van der Waals surface area contributed by atoms with Crippen molar-refractivity contribution in [2.75, 3.05) is 7.11 Å². The van der Waals surface area contributed by atoms with Gasteiger partial charge >= 0.3 is 5.97 Å². The molecule has 98 valence electrons. The number of halogens is 2. The molecule has 0 atom stereocenters. The number of aryl methyl sites for hydroxylation is 1. The molecule has 0 saturated heterocycles. The zero-order valence-corrected chi connectivity index (χ0v) is 10.8. The van der Waals surface area contributed by atoms with Gasteiger partial charge in [-0.1, -0.05) is 23.7 Å². The van der Waals surface area contributed by atoms with Crippen LogP contribution in [0, 0.1) is 5.82 Å². The van der Waals surface area contributed by atoms with Gasteiger partial charge in [-0.3, -0.25) is 9.59 Å². The molecule has 18 heavy (non-hydrogen) atoms. The lowest BCUT2D eigenvalue weighted by atomic mass is 10.0. The van der Waals surface area contributed by atoms with Crippen LogP contribution in [-0.4, -0.2) is 18.9 Å². The number of carbonyl (C=O) groups excluding carboxylic acids is 2. The molecule has 5 heteroatoms. The fraction of sp³-hybridized carbons (Fsp3) is 0.385. The van der Waals surface area contributed by atoms with Crippen LogP contribution in [0.15, 0.2) is 18.2 Å². The van der Waals surface area contributed by atoms with E-state index < -0.39 is 11.8 Å². The highest BCUT2D eigenvalue weighted by Crippen LogP contribution is 2.19. The molecule has 0 saturated carbocycles. The normalized spacial score (nSPS) is 10.2. The molecule has 0 unspecified atom stereocenters. The maximum atomic E-state index is 13.5. The molecule has 0 fully saturated rings. The average molecular weight is 273 g/mol. The largest absolute Gasteiger partial charge is 0.469 e. The highest BCUT2D eigenvalue weighted by atomic mass is 35.5. The molecule has 0 N–H and O–H groups in total. The molecule has 0 radical (unpaired) electrons. The van der Waals surface area contributed by atoms with E-state index in [1.54, 1.807) is 12.1 Å². The van der Waals surface area contributed by atoms with Crippen molar-refractivity contribution >= 4 is 23.4 Å². The van der Waals surface area contributed by atoms with E-state index in [0.29, 0.717) is 5.56 Å². The second-order valence-corrected chi connectivity index (χ2v) is 4.23. The molecule has 0 heterocycles. The number of carbonyl (C=O) groups is 2. The van der Waals surface area contributed by atoms with Crippen LogP contribution >= 0.6 is 11.6 Å². The van der Waals surface area contributed by atoms with Gasteiger partial charge in [0, 0.05) is 12.8 Å². The number of ether oxygens (including phenoxy) is 1. The third-order valence-electron chi connectivity index (χ3n) is 2.54. The van der Waals surface area contributed by atoms with Crippen molar-refractivity contribution in [3.05, 3.63) is 34.6 Å². The minimum Gasteiger partial charge on any atom is -0.469 e. The van der Waals surface area contributed by atoms with Crippen molar-refractivity contribution in [1.29, 1.82) is 0 Å². The Hall–Kier alpha value is -1.42. The van der Waals surface area contributed by atoms with Crippen LogP contribution in [0.3, 0.4) is 0 Å². The van der Waals surface area contributed by atoms with Gasteiger partial charge in [0.15, 0.2) is 0 Å². The lowest BCUT2D eigenvalue weighted by Crippen LogP contribution is -2.07. The van der Waals surface area contributed by atoms with Crippen LogP contribution in [0.25, 0.3) is 0 Å². The standard InChI is InChI=1S/C13H14ClFO3/c1-18-12(17)8-7-10(16)6-5-9-3-2-4-11(14)13(9)15/h2-4H,5-8H2,1H3. The maximum absolute atomic E-state index is 13.5. The van der Waals surface area contributed by atoms with Gasteiger partial charge in [0.05, 0.1) is 18.6 Å². The number of ketones is 1. The highest BCUT2D eigenvalue weighted by Gasteiger charge is 2.10. The molecule has 0 aliphatic rings. The zero-order valence-electron chi connectivity index (χ0n) is 10.0.